The molecule has 0 saturated carbocycles. The average molecular weight is 412 g/mol. The van der Waals surface area contributed by atoms with Crippen LogP contribution in [0, 0.1) is 0 Å². The van der Waals surface area contributed by atoms with Gasteiger partial charge in [-0.25, -0.2) is 4.98 Å². The Morgan fingerprint density at radius 2 is 1.93 bits per heavy atom. The van der Waals surface area contributed by atoms with Crippen LogP contribution in [0.25, 0.3) is 0 Å². The number of aromatic nitrogens is 1. The number of carbonyl (C=O) groups excluding carboxylic acids is 1. The molecule has 0 atom stereocenters. The number of benzene rings is 2. The van der Waals surface area contributed by atoms with E-state index in [1.165, 1.54) is 0 Å². The molecule has 7 heteroatoms. The van der Waals surface area contributed by atoms with Crippen molar-refractivity contribution in [1.29, 1.82) is 0 Å². The monoisotopic (exact) mass is 411 g/mol. The van der Waals surface area contributed by atoms with Crippen molar-refractivity contribution in [2.75, 3.05) is 25.5 Å². The SMILES string of the molecule is COc1ccccc1CN1CCc2nc(C(=O)Nc3ccc(Cl)cc3)oc2CC1. The Morgan fingerprint density at radius 1 is 1.17 bits per heavy atom. The minimum Gasteiger partial charge on any atom is -0.496 e. The molecule has 0 unspecified atom stereocenters. The number of carbonyl (C=O) groups is 1. The molecule has 2 aromatic carbocycles. The first-order valence-corrected chi connectivity index (χ1v) is 9.90. The maximum absolute atomic E-state index is 12.5. The summed E-state index contributed by atoms with van der Waals surface area (Å²) < 4.78 is 11.2. The summed E-state index contributed by atoms with van der Waals surface area (Å²) in [6.07, 6.45) is 1.45. The molecule has 1 aliphatic rings. The highest BCUT2D eigenvalue weighted by molar-refractivity contribution is 6.30. The van der Waals surface area contributed by atoms with E-state index in [9.17, 15) is 4.79 Å². The van der Waals surface area contributed by atoms with Crippen LogP contribution in [-0.2, 0) is 19.4 Å². The third-order valence-corrected chi connectivity index (χ3v) is 5.23. The van der Waals surface area contributed by atoms with Gasteiger partial charge in [0, 0.05) is 48.7 Å². The number of amides is 1. The summed E-state index contributed by atoms with van der Waals surface area (Å²) in [6.45, 7) is 2.48. The highest BCUT2D eigenvalue weighted by Gasteiger charge is 2.23. The van der Waals surface area contributed by atoms with E-state index in [1.807, 2.05) is 18.2 Å². The van der Waals surface area contributed by atoms with Crippen LogP contribution in [0.5, 0.6) is 5.75 Å². The molecule has 1 aliphatic heterocycles. The Kier molecular flexibility index (Phi) is 5.83. The van der Waals surface area contributed by atoms with Crippen molar-refractivity contribution in [3.63, 3.8) is 0 Å². The third kappa shape index (κ3) is 4.60. The number of fused-ring (bicyclic) bond motifs is 1. The molecule has 1 N–H and O–H groups in total. The Morgan fingerprint density at radius 3 is 2.72 bits per heavy atom. The number of halogens is 1. The molecule has 6 nitrogen and oxygen atoms in total. The topological polar surface area (TPSA) is 67.6 Å². The van der Waals surface area contributed by atoms with Crippen molar-refractivity contribution in [1.82, 2.24) is 9.88 Å². The molecule has 3 aromatic rings. The van der Waals surface area contributed by atoms with Crippen molar-refractivity contribution in [2.45, 2.75) is 19.4 Å². The van der Waals surface area contributed by atoms with E-state index >= 15 is 0 Å². The largest absolute Gasteiger partial charge is 0.496 e. The smallest absolute Gasteiger partial charge is 0.311 e. The normalized spacial score (nSPS) is 14.1. The lowest BCUT2D eigenvalue weighted by molar-refractivity contribution is 0.0988. The molecule has 0 aliphatic carbocycles. The molecule has 0 saturated heterocycles. The summed E-state index contributed by atoms with van der Waals surface area (Å²) in [4.78, 5) is 19.2. The molecule has 0 spiro atoms. The van der Waals surface area contributed by atoms with Gasteiger partial charge in [-0.05, 0) is 30.3 Å². The van der Waals surface area contributed by atoms with E-state index in [0.717, 1.165) is 48.8 Å². The molecule has 1 aromatic heterocycles. The van der Waals surface area contributed by atoms with E-state index in [2.05, 4.69) is 21.3 Å². The summed E-state index contributed by atoms with van der Waals surface area (Å²) in [6, 6.07) is 15.0. The number of hydrogen-bond donors (Lipinski definition) is 1. The second-order valence-electron chi connectivity index (χ2n) is 6.94. The lowest BCUT2D eigenvalue weighted by Gasteiger charge is -2.20. The standard InChI is InChI=1S/C22H22ClN3O3/c1-28-19-5-3-2-4-15(19)14-26-12-10-18-20(11-13-26)29-22(25-18)21(27)24-17-8-6-16(23)7-9-17/h2-9H,10-14H2,1H3,(H,24,27). The summed E-state index contributed by atoms with van der Waals surface area (Å²) in [7, 11) is 1.69. The van der Waals surface area contributed by atoms with Crippen LogP contribution >= 0.6 is 11.6 Å². The van der Waals surface area contributed by atoms with Gasteiger partial charge in [-0.2, -0.15) is 0 Å². The molecule has 0 fully saturated rings. The Labute approximate surface area is 174 Å². The van der Waals surface area contributed by atoms with Gasteiger partial charge in [0.1, 0.15) is 11.5 Å². The summed E-state index contributed by atoms with van der Waals surface area (Å²) in [5.41, 5.74) is 2.66. The maximum Gasteiger partial charge on any atom is 0.311 e. The minimum atomic E-state index is -0.355. The number of rotatable bonds is 5. The van der Waals surface area contributed by atoms with Crippen LogP contribution in [-0.4, -0.2) is 36.0 Å². The van der Waals surface area contributed by atoms with Gasteiger partial charge in [-0.15, -0.1) is 0 Å². The lowest BCUT2D eigenvalue weighted by atomic mass is 10.2. The first kappa shape index (κ1) is 19.5. The number of oxazole rings is 1. The van der Waals surface area contributed by atoms with Gasteiger partial charge in [0.25, 0.3) is 5.89 Å². The number of anilines is 1. The maximum atomic E-state index is 12.5. The van der Waals surface area contributed by atoms with E-state index in [4.69, 9.17) is 20.8 Å². The number of ether oxygens (including phenoxy) is 1. The second kappa shape index (κ2) is 8.68. The highest BCUT2D eigenvalue weighted by atomic mass is 35.5. The van der Waals surface area contributed by atoms with E-state index in [1.54, 1.807) is 31.4 Å². The fraction of sp³-hybridized carbons (Fsp3) is 0.273. The third-order valence-electron chi connectivity index (χ3n) is 4.98. The predicted molar refractivity (Wildman–Crippen MR) is 112 cm³/mol. The van der Waals surface area contributed by atoms with Gasteiger partial charge in [-0.3, -0.25) is 9.69 Å². The Bertz CT molecular complexity index is 975. The van der Waals surface area contributed by atoms with Crippen molar-refractivity contribution >= 4 is 23.2 Å². The number of para-hydroxylation sites is 1. The fourth-order valence-corrected chi connectivity index (χ4v) is 3.58. The Hall–Kier alpha value is -2.83. The van der Waals surface area contributed by atoms with E-state index in [0.29, 0.717) is 17.1 Å². The van der Waals surface area contributed by atoms with E-state index < -0.39 is 0 Å². The molecule has 4 rings (SSSR count). The predicted octanol–water partition coefficient (Wildman–Crippen LogP) is 4.19. The molecular weight excluding hydrogens is 390 g/mol. The minimum absolute atomic E-state index is 0.100. The number of nitrogens with one attached hydrogen (secondary N) is 1. The van der Waals surface area contributed by atoms with Gasteiger partial charge in [-0.1, -0.05) is 29.8 Å². The summed E-state index contributed by atoms with van der Waals surface area (Å²) >= 11 is 5.87. The van der Waals surface area contributed by atoms with Crippen molar-refractivity contribution in [3.8, 4) is 5.75 Å². The van der Waals surface area contributed by atoms with Crippen molar-refractivity contribution in [3.05, 3.63) is 76.5 Å². The van der Waals surface area contributed by atoms with Gasteiger partial charge >= 0.3 is 5.91 Å². The zero-order valence-corrected chi connectivity index (χ0v) is 16.9. The molecule has 29 heavy (non-hydrogen) atoms. The summed E-state index contributed by atoms with van der Waals surface area (Å²) in [5.74, 6) is 1.43. The van der Waals surface area contributed by atoms with Crippen LogP contribution in [0.1, 0.15) is 27.7 Å². The van der Waals surface area contributed by atoms with Gasteiger partial charge in [0.2, 0.25) is 0 Å². The van der Waals surface area contributed by atoms with Gasteiger partial charge in [0.15, 0.2) is 0 Å². The second-order valence-corrected chi connectivity index (χ2v) is 7.37. The fourth-order valence-electron chi connectivity index (χ4n) is 3.46. The molecular formula is C22H22ClN3O3. The lowest BCUT2D eigenvalue weighted by Crippen LogP contribution is -2.26. The van der Waals surface area contributed by atoms with Crippen LogP contribution < -0.4 is 10.1 Å². The van der Waals surface area contributed by atoms with Crippen molar-refractivity contribution < 1.29 is 13.9 Å². The first-order valence-electron chi connectivity index (χ1n) is 9.52. The van der Waals surface area contributed by atoms with Crippen LogP contribution in [0.15, 0.2) is 52.9 Å². The molecule has 150 valence electrons. The molecule has 1 amide bonds. The molecule has 2 heterocycles. The van der Waals surface area contributed by atoms with E-state index in [-0.39, 0.29) is 11.8 Å². The first-order chi connectivity index (χ1) is 14.1. The Balaban J connectivity index is 1.40. The van der Waals surface area contributed by atoms with Crippen LogP contribution in [0.3, 0.4) is 0 Å². The van der Waals surface area contributed by atoms with Crippen LogP contribution in [0.4, 0.5) is 5.69 Å². The van der Waals surface area contributed by atoms with Crippen LogP contribution in [0.2, 0.25) is 5.02 Å². The molecule has 0 radical (unpaired) electrons. The van der Waals surface area contributed by atoms with Gasteiger partial charge < -0.3 is 14.5 Å². The van der Waals surface area contributed by atoms with Gasteiger partial charge in [0.05, 0.1) is 12.8 Å². The quantitative estimate of drug-likeness (QED) is 0.681. The zero-order chi connectivity index (χ0) is 20.2. The number of nitrogens with zero attached hydrogens (tertiary/aromatic N) is 2. The number of hydrogen-bond acceptors (Lipinski definition) is 5. The average Bonchev–Trinajstić information content (AvgIpc) is 3.06. The number of methoxy groups -OCH3 is 1. The zero-order valence-electron chi connectivity index (χ0n) is 16.2. The highest BCUT2D eigenvalue weighted by Crippen LogP contribution is 2.23. The summed E-state index contributed by atoms with van der Waals surface area (Å²) in [5, 5.41) is 3.40. The van der Waals surface area contributed by atoms with Crippen molar-refractivity contribution in [2.24, 2.45) is 0 Å². The molecule has 0 bridgehead atoms.